The van der Waals surface area contributed by atoms with Crippen molar-refractivity contribution in [1.29, 1.82) is 0 Å². The van der Waals surface area contributed by atoms with E-state index in [1.54, 1.807) is 0 Å². The summed E-state index contributed by atoms with van der Waals surface area (Å²) in [6.07, 6.45) is 8.95. The number of hydrogen-bond acceptors (Lipinski definition) is 0. The Labute approximate surface area is 115 Å². The molecule has 0 N–H and O–H groups in total. The molecule has 0 fully saturated rings. The van der Waals surface area contributed by atoms with Crippen LogP contribution in [0.4, 0.5) is 0 Å². The first-order valence-electron chi connectivity index (χ1n) is 7.29. The first kappa shape index (κ1) is 12.2. The maximum atomic E-state index is 2.45. The molecule has 2 aromatic rings. The van der Waals surface area contributed by atoms with Crippen LogP contribution in [0.15, 0.2) is 60.7 Å². The van der Waals surface area contributed by atoms with Gasteiger partial charge in [0, 0.05) is 0 Å². The predicted molar refractivity (Wildman–Crippen MR) is 82.9 cm³/mol. The zero-order valence-corrected chi connectivity index (χ0v) is 11.3. The van der Waals surface area contributed by atoms with Gasteiger partial charge >= 0.3 is 0 Å². The molecule has 0 amide bonds. The second-order valence-corrected chi connectivity index (χ2v) is 5.24. The lowest BCUT2D eigenvalue weighted by Crippen LogP contribution is -1.89. The third-order valence-corrected chi connectivity index (χ3v) is 3.90. The minimum absolute atomic E-state index is 1.23. The fourth-order valence-corrected chi connectivity index (χ4v) is 2.89. The van der Waals surface area contributed by atoms with Crippen LogP contribution < -0.4 is 0 Å². The van der Waals surface area contributed by atoms with Gasteiger partial charge in [0.2, 0.25) is 0 Å². The van der Waals surface area contributed by atoms with Gasteiger partial charge in [-0.3, -0.25) is 0 Å². The molecule has 19 heavy (non-hydrogen) atoms. The molecule has 0 heterocycles. The van der Waals surface area contributed by atoms with Crippen molar-refractivity contribution < 1.29 is 0 Å². The standard InChI is InChI=1S/C19H20/c1-2-5-11-16(10-4-1)18-14-8-9-15-19(18)17-12-6-3-7-13-17/h3,6-10,12-15H,1-2,4-5,11H2. The predicted octanol–water partition coefficient (Wildman–Crippen LogP) is 5.70. The summed E-state index contributed by atoms with van der Waals surface area (Å²) in [6.45, 7) is 0. The van der Waals surface area contributed by atoms with Crippen LogP contribution in [0.3, 0.4) is 0 Å². The van der Waals surface area contributed by atoms with E-state index in [0.717, 1.165) is 0 Å². The Morgan fingerprint density at radius 2 is 1.37 bits per heavy atom. The lowest BCUT2D eigenvalue weighted by Gasteiger charge is -2.12. The smallest absolute Gasteiger partial charge is 0.0109 e. The van der Waals surface area contributed by atoms with E-state index in [1.165, 1.54) is 54.4 Å². The minimum Gasteiger partial charge on any atom is -0.0807 e. The Kier molecular flexibility index (Phi) is 3.78. The van der Waals surface area contributed by atoms with Crippen LogP contribution in [0.25, 0.3) is 16.7 Å². The second kappa shape index (κ2) is 5.88. The normalized spacial score (nSPS) is 15.7. The zero-order valence-electron chi connectivity index (χ0n) is 11.3. The molecule has 0 aliphatic heterocycles. The van der Waals surface area contributed by atoms with E-state index in [2.05, 4.69) is 60.7 Å². The SMILES string of the molecule is C1=C(c2ccccc2-c2ccccc2)CCCCC1. The van der Waals surface area contributed by atoms with Crippen LogP contribution >= 0.6 is 0 Å². The van der Waals surface area contributed by atoms with Gasteiger partial charge in [-0.05, 0) is 47.9 Å². The minimum atomic E-state index is 1.23. The van der Waals surface area contributed by atoms with Crippen LogP contribution in [-0.2, 0) is 0 Å². The average Bonchev–Trinajstić information content (AvgIpc) is 2.77. The topological polar surface area (TPSA) is 0 Å². The largest absolute Gasteiger partial charge is 0.0807 e. The summed E-state index contributed by atoms with van der Waals surface area (Å²) in [4.78, 5) is 0. The monoisotopic (exact) mass is 248 g/mol. The maximum absolute atomic E-state index is 2.45. The quantitative estimate of drug-likeness (QED) is 0.639. The Bertz CT molecular complexity index is 564. The van der Waals surface area contributed by atoms with E-state index in [4.69, 9.17) is 0 Å². The molecule has 0 saturated carbocycles. The molecule has 0 heteroatoms. The number of hydrogen-bond donors (Lipinski definition) is 0. The highest BCUT2D eigenvalue weighted by Gasteiger charge is 2.10. The molecular formula is C19H20. The van der Waals surface area contributed by atoms with E-state index < -0.39 is 0 Å². The van der Waals surface area contributed by atoms with E-state index in [9.17, 15) is 0 Å². The van der Waals surface area contributed by atoms with Crippen LogP contribution in [-0.4, -0.2) is 0 Å². The molecule has 96 valence electrons. The van der Waals surface area contributed by atoms with E-state index >= 15 is 0 Å². The maximum Gasteiger partial charge on any atom is -0.0109 e. The molecule has 0 radical (unpaired) electrons. The first-order valence-corrected chi connectivity index (χ1v) is 7.29. The van der Waals surface area contributed by atoms with Gasteiger partial charge in [-0.1, -0.05) is 67.1 Å². The van der Waals surface area contributed by atoms with Crippen molar-refractivity contribution in [1.82, 2.24) is 0 Å². The van der Waals surface area contributed by atoms with Crippen LogP contribution in [0.5, 0.6) is 0 Å². The third kappa shape index (κ3) is 2.78. The molecule has 0 atom stereocenters. The Morgan fingerprint density at radius 3 is 2.21 bits per heavy atom. The Hall–Kier alpha value is -1.82. The van der Waals surface area contributed by atoms with Gasteiger partial charge in [0.05, 0.1) is 0 Å². The van der Waals surface area contributed by atoms with Gasteiger partial charge < -0.3 is 0 Å². The summed E-state index contributed by atoms with van der Waals surface area (Å²) in [5, 5.41) is 0. The zero-order chi connectivity index (χ0) is 12.9. The lowest BCUT2D eigenvalue weighted by molar-refractivity contribution is 0.720. The molecule has 2 aromatic carbocycles. The number of allylic oxidation sites excluding steroid dienone is 2. The van der Waals surface area contributed by atoms with Crippen molar-refractivity contribution in [2.75, 3.05) is 0 Å². The molecule has 0 bridgehead atoms. The first-order chi connectivity index (χ1) is 9.45. The summed E-state index contributed by atoms with van der Waals surface area (Å²) in [7, 11) is 0. The van der Waals surface area contributed by atoms with Crippen molar-refractivity contribution in [2.45, 2.75) is 32.1 Å². The molecule has 0 unspecified atom stereocenters. The van der Waals surface area contributed by atoms with Crippen LogP contribution in [0.1, 0.15) is 37.7 Å². The van der Waals surface area contributed by atoms with Crippen LogP contribution in [0.2, 0.25) is 0 Å². The molecule has 1 aliphatic rings. The van der Waals surface area contributed by atoms with Gasteiger partial charge in [0.1, 0.15) is 0 Å². The van der Waals surface area contributed by atoms with Crippen molar-refractivity contribution in [3.05, 3.63) is 66.2 Å². The highest BCUT2D eigenvalue weighted by atomic mass is 14.1. The average molecular weight is 248 g/mol. The number of benzene rings is 2. The summed E-state index contributed by atoms with van der Waals surface area (Å²) in [6, 6.07) is 19.6. The molecule has 1 aliphatic carbocycles. The summed E-state index contributed by atoms with van der Waals surface area (Å²) in [5.41, 5.74) is 5.66. The van der Waals surface area contributed by atoms with E-state index in [1.807, 2.05) is 0 Å². The lowest BCUT2D eigenvalue weighted by atomic mass is 9.92. The highest BCUT2D eigenvalue weighted by molar-refractivity contribution is 5.81. The third-order valence-electron chi connectivity index (χ3n) is 3.90. The van der Waals surface area contributed by atoms with Crippen molar-refractivity contribution in [3.8, 4) is 11.1 Å². The molecular weight excluding hydrogens is 228 g/mol. The van der Waals surface area contributed by atoms with Crippen molar-refractivity contribution >= 4 is 5.57 Å². The second-order valence-electron chi connectivity index (χ2n) is 5.24. The Morgan fingerprint density at radius 1 is 0.632 bits per heavy atom. The van der Waals surface area contributed by atoms with E-state index in [-0.39, 0.29) is 0 Å². The van der Waals surface area contributed by atoms with Crippen molar-refractivity contribution in [3.63, 3.8) is 0 Å². The van der Waals surface area contributed by atoms with E-state index in [0.29, 0.717) is 0 Å². The molecule has 0 aromatic heterocycles. The molecule has 3 rings (SSSR count). The fourth-order valence-electron chi connectivity index (χ4n) is 2.89. The fraction of sp³-hybridized carbons (Fsp3) is 0.263. The van der Waals surface area contributed by atoms with Gasteiger partial charge in [0.25, 0.3) is 0 Å². The molecule has 0 saturated heterocycles. The molecule has 0 nitrogen and oxygen atoms in total. The van der Waals surface area contributed by atoms with Gasteiger partial charge in [0.15, 0.2) is 0 Å². The number of rotatable bonds is 2. The van der Waals surface area contributed by atoms with Gasteiger partial charge in [-0.25, -0.2) is 0 Å². The summed E-state index contributed by atoms with van der Waals surface area (Å²) in [5.74, 6) is 0. The van der Waals surface area contributed by atoms with Gasteiger partial charge in [-0.15, -0.1) is 0 Å². The summed E-state index contributed by atoms with van der Waals surface area (Å²) < 4.78 is 0. The highest BCUT2D eigenvalue weighted by Crippen LogP contribution is 2.33. The Balaban J connectivity index is 2.04. The van der Waals surface area contributed by atoms with Crippen LogP contribution in [0, 0.1) is 0 Å². The summed E-state index contributed by atoms with van der Waals surface area (Å²) >= 11 is 0. The molecule has 0 spiro atoms. The van der Waals surface area contributed by atoms with Crippen molar-refractivity contribution in [2.24, 2.45) is 0 Å². The van der Waals surface area contributed by atoms with Gasteiger partial charge in [-0.2, -0.15) is 0 Å².